The van der Waals surface area contributed by atoms with Crippen LogP contribution in [0.15, 0.2) is 36.4 Å². The number of nitrogens with one attached hydrogen (secondary N) is 1. The van der Waals surface area contributed by atoms with Gasteiger partial charge in [-0.15, -0.1) is 0 Å². The average molecular weight is 278 g/mol. The normalized spacial score (nSPS) is 10.3. The molecule has 6 heteroatoms. The largest absolute Gasteiger partial charge is 0.478 e. The highest BCUT2D eigenvalue weighted by atomic mass is 19.1. The van der Waals surface area contributed by atoms with E-state index in [9.17, 15) is 13.6 Å². The summed E-state index contributed by atoms with van der Waals surface area (Å²) < 4.78 is 26.2. The molecule has 0 amide bonds. The van der Waals surface area contributed by atoms with Crippen molar-refractivity contribution in [1.29, 1.82) is 0 Å². The molecule has 2 rings (SSSR count). The Morgan fingerprint density at radius 2 is 1.95 bits per heavy atom. The molecule has 0 saturated carbocycles. The van der Waals surface area contributed by atoms with Crippen LogP contribution in [-0.4, -0.2) is 11.1 Å². The van der Waals surface area contributed by atoms with Crippen molar-refractivity contribution < 1.29 is 18.7 Å². The van der Waals surface area contributed by atoms with Crippen molar-refractivity contribution in [2.45, 2.75) is 6.54 Å². The second-order valence-electron chi connectivity index (χ2n) is 4.20. The molecule has 0 aliphatic carbocycles. The molecular formula is C14H12F2N2O2. The Morgan fingerprint density at radius 3 is 2.60 bits per heavy atom. The molecule has 20 heavy (non-hydrogen) atoms. The number of hydrogen-bond acceptors (Lipinski definition) is 3. The van der Waals surface area contributed by atoms with Gasteiger partial charge in [0.25, 0.3) is 0 Å². The third kappa shape index (κ3) is 3.03. The van der Waals surface area contributed by atoms with Gasteiger partial charge in [-0.1, -0.05) is 6.07 Å². The van der Waals surface area contributed by atoms with Crippen LogP contribution in [0.5, 0.6) is 0 Å². The summed E-state index contributed by atoms with van der Waals surface area (Å²) >= 11 is 0. The Hall–Kier alpha value is -2.63. The zero-order valence-corrected chi connectivity index (χ0v) is 10.4. The summed E-state index contributed by atoms with van der Waals surface area (Å²) in [4.78, 5) is 10.9. The Balaban J connectivity index is 2.18. The highest BCUT2D eigenvalue weighted by Crippen LogP contribution is 2.21. The summed E-state index contributed by atoms with van der Waals surface area (Å²) in [5.74, 6) is -2.41. The first-order valence-corrected chi connectivity index (χ1v) is 5.78. The Bertz CT molecular complexity index is 660. The highest BCUT2D eigenvalue weighted by Gasteiger charge is 2.08. The predicted octanol–water partition coefficient (Wildman–Crippen LogP) is 2.86. The van der Waals surface area contributed by atoms with Crippen molar-refractivity contribution in [3.8, 4) is 0 Å². The molecule has 0 fully saturated rings. The number of carboxylic acid groups (broad SMARTS) is 1. The quantitative estimate of drug-likeness (QED) is 0.752. The first-order chi connectivity index (χ1) is 9.47. The summed E-state index contributed by atoms with van der Waals surface area (Å²) in [6.07, 6.45) is 0. The lowest BCUT2D eigenvalue weighted by molar-refractivity contribution is 0.0697. The van der Waals surface area contributed by atoms with Gasteiger partial charge in [-0.3, -0.25) is 0 Å². The van der Waals surface area contributed by atoms with Crippen LogP contribution in [0.1, 0.15) is 15.9 Å². The minimum atomic E-state index is -1.08. The minimum absolute atomic E-state index is 0.0688. The molecule has 104 valence electrons. The molecule has 2 aromatic carbocycles. The van der Waals surface area contributed by atoms with Crippen molar-refractivity contribution in [2.24, 2.45) is 0 Å². The smallest absolute Gasteiger partial charge is 0.335 e. The van der Waals surface area contributed by atoms with E-state index in [4.69, 9.17) is 10.8 Å². The summed E-state index contributed by atoms with van der Waals surface area (Å²) in [5.41, 5.74) is 6.76. The molecule has 4 nitrogen and oxygen atoms in total. The van der Waals surface area contributed by atoms with Gasteiger partial charge in [0.05, 0.1) is 16.9 Å². The molecule has 0 saturated heterocycles. The molecule has 0 aliphatic heterocycles. The molecule has 0 heterocycles. The maximum absolute atomic E-state index is 13.5. The lowest BCUT2D eigenvalue weighted by Crippen LogP contribution is -2.06. The molecule has 4 N–H and O–H groups in total. The Morgan fingerprint density at radius 1 is 1.20 bits per heavy atom. The minimum Gasteiger partial charge on any atom is -0.478 e. The second-order valence-corrected chi connectivity index (χ2v) is 4.20. The maximum Gasteiger partial charge on any atom is 0.335 e. The molecule has 0 spiro atoms. The second kappa shape index (κ2) is 5.56. The standard InChI is InChI=1S/C14H12F2N2O2/c15-10-3-1-9(11(16)6-10)7-18-13-5-8(14(19)20)2-4-12(13)17/h1-6,18H,7,17H2,(H,19,20). The first-order valence-electron chi connectivity index (χ1n) is 5.78. The first kappa shape index (κ1) is 13.8. The van der Waals surface area contributed by atoms with Crippen molar-refractivity contribution in [1.82, 2.24) is 0 Å². The van der Waals surface area contributed by atoms with E-state index in [1.54, 1.807) is 0 Å². The number of hydrogen-bond donors (Lipinski definition) is 3. The van der Waals surface area contributed by atoms with Crippen molar-refractivity contribution in [3.63, 3.8) is 0 Å². The number of nitrogens with two attached hydrogens (primary N) is 1. The number of anilines is 2. The van der Waals surface area contributed by atoms with Crippen LogP contribution < -0.4 is 11.1 Å². The number of rotatable bonds is 4. The van der Waals surface area contributed by atoms with E-state index in [0.29, 0.717) is 11.4 Å². The summed E-state index contributed by atoms with van der Waals surface area (Å²) in [6.45, 7) is 0.0688. The molecule has 0 radical (unpaired) electrons. The molecule has 0 bridgehead atoms. The van der Waals surface area contributed by atoms with Gasteiger partial charge in [0.2, 0.25) is 0 Å². The molecule has 0 unspecified atom stereocenters. The number of carbonyl (C=O) groups is 1. The molecule has 0 aromatic heterocycles. The van der Waals surface area contributed by atoms with E-state index in [1.165, 1.54) is 24.3 Å². The predicted molar refractivity (Wildman–Crippen MR) is 71.5 cm³/mol. The summed E-state index contributed by atoms with van der Waals surface area (Å²) in [6, 6.07) is 7.44. The Labute approximate surface area is 113 Å². The van der Waals surface area contributed by atoms with Gasteiger partial charge in [0.1, 0.15) is 11.6 Å². The third-order valence-corrected chi connectivity index (χ3v) is 2.78. The summed E-state index contributed by atoms with van der Waals surface area (Å²) in [5, 5.41) is 11.7. The van der Waals surface area contributed by atoms with Crippen molar-refractivity contribution in [3.05, 3.63) is 59.2 Å². The number of halogens is 2. The van der Waals surface area contributed by atoms with Crippen LogP contribution in [0.3, 0.4) is 0 Å². The third-order valence-electron chi connectivity index (χ3n) is 2.78. The zero-order chi connectivity index (χ0) is 14.7. The maximum atomic E-state index is 13.5. The molecule has 0 aliphatic rings. The average Bonchev–Trinajstić information content (AvgIpc) is 2.39. The lowest BCUT2D eigenvalue weighted by Gasteiger charge is -2.11. The zero-order valence-electron chi connectivity index (χ0n) is 10.4. The van der Waals surface area contributed by atoms with Gasteiger partial charge in [-0.05, 0) is 24.3 Å². The Kier molecular flexibility index (Phi) is 3.84. The van der Waals surface area contributed by atoms with Crippen molar-refractivity contribution in [2.75, 3.05) is 11.1 Å². The molecule has 2 aromatic rings. The molecular weight excluding hydrogens is 266 g/mol. The fraction of sp³-hybridized carbons (Fsp3) is 0.0714. The van der Waals surface area contributed by atoms with Gasteiger partial charge in [-0.25, -0.2) is 13.6 Å². The van der Waals surface area contributed by atoms with Crippen LogP contribution in [-0.2, 0) is 6.54 Å². The number of benzene rings is 2. The SMILES string of the molecule is Nc1ccc(C(=O)O)cc1NCc1ccc(F)cc1F. The summed E-state index contributed by atoms with van der Waals surface area (Å²) in [7, 11) is 0. The van der Waals surface area contributed by atoms with Crippen LogP contribution in [0.25, 0.3) is 0 Å². The van der Waals surface area contributed by atoms with E-state index in [1.807, 2.05) is 0 Å². The number of nitrogen functional groups attached to an aromatic ring is 1. The van der Waals surface area contributed by atoms with E-state index in [2.05, 4.69) is 5.32 Å². The van der Waals surface area contributed by atoms with Gasteiger partial charge in [0.15, 0.2) is 0 Å². The fourth-order valence-electron chi connectivity index (χ4n) is 1.70. The van der Waals surface area contributed by atoms with E-state index >= 15 is 0 Å². The fourth-order valence-corrected chi connectivity index (χ4v) is 1.70. The van der Waals surface area contributed by atoms with Gasteiger partial charge in [0, 0.05) is 18.2 Å². The topological polar surface area (TPSA) is 75.4 Å². The van der Waals surface area contributed by atoms with Gasteiger partial charge >= 0.3 is 5.97 Å². The van der Waals surface area contributed by atoms with Crippen LogP contribution in [0.2, 0.25) is 0 Å². The lowest BCUT2D eigenvalue weighted by atomic mass is 10.1. The highest BCUT2D eigenvalue weighted by molar-refractivity contribution is 5.90. The van der Waals surface area contributed by atoms with E-state index < -0.39 is 17.6 Å². The van der Waals surface area contributed by atoms with E-state index in [-0.39, 0.29) is 17.7 Å². The van der Waals surface area contributed by atoms with Gasteiger partial charge < -0.3 is 16.2 Å². The molecule has 0 atom stereocenters. The van der Waals surface area contributed by atoms with Crippen LogP contribution in [0.4, 0.5) is 20.2 Å². The number of carboxylic acids is 1. The van der Waals surface area contributed by atoms with E-state index in [0.717, 1.165) is 12.1 Å². The monoisotopic (exact) mass is 278 g/mol. The van der Waals surface area contributed by atoms with Crippen LogP contribution >= 0.6 is 0 Å². The number of aromatic carboxylic acids is 1. The van der Waals surface area contributed by atoms with Crippen molar-refractivity contribution >= 4 is 17.3 Å². The van der Waals surface area contributed by atoms with Crippen LogP contribution in [0, 0.1) is 11.6 Å². The van der Waals surface area contributed by atoms with Gasteiger partial charge in [-0.2, -0.15) is 0 Å².